The molecule has 0 aromatic heterocycles. The standard InChI is InChI=1S/C69H133N2O7P/c1-7-10-13-16-19-22-25-27-29-31-33-34-35-36-38-39-41-43-46-49-52-55-58-61-68(72)70-66(65-77-79(74,75)76-64-63-71(4,5)6)67(60-57-54-51-48-45-24-21-18-15-12-9-3)78-69(73)62-59-56-53-50-47-44-42-40-37-32-30-28-26-23-20-17-14-11-8-2/h20,23,28,30,57,60,66-67H,7-19,21-22,24-27,29,31-56,58-59,61-65H2,1-6H3,(H-,70,72,74,75)/b23-20-,30-28-,60-57+. The summed E-state index contributed by atoms with van der Waals surface area (Å²) in [5, 5.41) is 3.04. The van der Waals surface area contributed by atoms with Crippen molar-refractivity contribution in [2.75, 3.05) is 40.9 Å². The average Bonchev–Trinajstić information content (AvgIpc) is 3.41. The van der Waals surface area contributed by atoms with E-state index in [1.807, 2.05) is 33.3 Å². The highest BCUT2D eigenvalue weighted by atomic mass is 31.2. The summed E-state index contributed by atoms with van der Waals surface area (Å²) in [6, 6.07) is -0.886. The topological polar surface area (TPSA) is 114 Å². The van der Waals surface area contributed by atoms with Gasteiger partial charge >= 0.3 is 5.97 Å². The highest BCUT2D eigenvalue weighted by Gasteiger charge is 2.27. The summed E-state index contributed by atoms with van der Waals surface area (Å²) in [6.07, 6.45) is 72.6. The lowest BCUT2D eigenvalue weighted by Crippen LogP contribution is -2.47. The fourth-order valence-corrected chi connectivity index (χ4v) is 11.0. The van der Waals surface area contributed by atoms with E-state index in [0.29, 0.717) is 17.4 Å². The number of esters is 1. The molecular weight excluding hydrogens is 1000 g/mol. The molecule has 0 saturated heterocycles. The van der Waals surface area contributed by atoms with Crippen LogP contribution in [0.15, 0.2) is 36.5 Å². The number of ether oxygens (including phenoxy) is 1. The van der Waals surface area contributed by atoms with Gasteiger partial charge in [0.2, 0.25) is 5.91 Å². The van der Waals surface area contributed by atoms with Gasteiger partial charge in [0, 0.05) is 12.8 Å². The number of phosphoric ester groups is 1. The number of hydrogen-bond acceptors (Lipinski definition) is 7. The van der Waals surface area contributed by atoms with Gasteiger partial charge in [-0.25, -0.2) is 0 Å². The fourth-order valence-electron chi connectivity index (χ4n) is 10.3. The maximum atomic E-state index is 13.6. The number of nitrogens with zero attached hydrogens (tertiary/aromatic N) is 1. The van der Waals surface area contributed by atoms with E-state index in [9.17, 15) is 19.0 Å². The molecule has 0 aliphatic heterocycles. The average molecular weight is 1130 g/mol. The van der Waals surface area contributed by atoms with Crippen LogP contribution in [0, 0.1) is 0 Å². The van der Waals surface area contributed by atoms with Crippen LogP contribution in [0.4, 0.5) is 0 Å². The van der Waals surface area contributed by atoms with Crippen molar-refractivity contribution in [1.82, 2.24) is 5.32 Å². The summed E-state index contributed by atoms with van der Waals surface area (Å²) in [6.45, 7) is 6.86. The molecule has 3 atom stereocenters. The Morgan fingerprint density at radius 1 is 0.443 bits per heavy atom. The first-order valence-electron chi connectivity index (χ1n) is 34.3. The molecule has 466 valence electrons. The first-order chi connectivity index (χ1) is 38.4. The minimum absolute atomic E-state index is 0.0204. The molecule has 0 radical (unpaired) electrons. The molecule has 0 heterocycles. The molecular formula is C69H133N2O7P. The second kappa shape index (κ2) is 59.4. The minimum atomic E-state index is -4.70. The third kappa shape index (κ3) is 60.6. The number of carbonyl (C=O) groups is 2. The number of phosphoric acid groups is 1. The molecule has 0 bridgehead atoms. The lowest BCUT2D eigenvalue weighted by Gasteiger charge is -2.30. The zero-order valence-corrected chi connectivity index (χ0v) is 54.2. The SMILES string of the molecule is CCCCC/C=C\C/C=C\CCCCCCCCCCCC(=O)OC(/C=C/CCCCCCCCCCC)C(COP(=O)([O-])OCC[N+](C)(C)C)NC(=O)CCCCCCCCCCCCCCCCCCCCCCCCC. The molecule has 1 amide bonds. The Kier molecular flexibility index (Phi) is 58.1. The van der Waals surface area contributed by atoms with E-state index in [4.69, 9.17) is 13.8 Å². The summed E-state index contributed by atoms with van der Waals surface area (Å²) >= 11 is 0. The van der Waals surface area contributed by atoms with E-state index in [-0.39, 0.29) is 31.5 Å². The van der Waals surface area contributed by atoms with Crippen LogP contribution in [-0.4, -0.2) is 69.4 Å². The largest absolute Gasteiger partial charge is 0.756 e. The maximum Gasteiger partial charge on any atom is 0.306 e. The Morgan fingerprint density at radius 2 is 0.772 bits per heavy atom. The predicted molar refractivity (Wildman–Crippen MR) is 340 cm³/mol. The van der Waals surface area contributed by atoms with Crippen LogP contribution in [0.5, 0.6) is 0 Å². The van der Waals surface area contributed by atoms with Gasteiger partial charge in [-0.3, -0.25) is 14.2 Å². The van der Waals surface area contributed by atoms with Crippen LogP contribution in [-0.2, 0) is 27.9 Å². The Morgan fingerprint density at radius 3 is 1.16 bits per heavy atom. The minimum Gasteiger partial charge on any atom is -0.756 e. The van der Waals surface area contributed by atoms with Gasteiger partial charge in [-0.15, -0.1) is 0 Å². The highest BCUT2D eigenvalue weighted by molar-refractivity contribution is 7.45. The lowest BCUT2D eigenvalue weighted by atomic mass is 10.0. The quantitative estimate of drug-likeness (QED) is 0.0212. The molecule has 1 N–H and O–H groups in total. The Hall–Kier alpha value is -1.77. The van der Waals surface area contributed by atoms with Crippen LogP contribution in [0.2, 0.25) is 0 Å². The number of quaternary nitrogens is 1. The van der Waals surface area contributed by atoms with Crippen molar-refractivity contribution >= 4 is 19.7 Å². The summed E-state index contributed by atoms with van der Waals surface area (Å²) in [5.41, 5.74) is 0. The van der Waals surface area contributed by atoms with Crippen LogP contribution < -0.4 is 10.2 Å². The normalized spacial score (nSPS) is 13.8. The molecule has 10 heteroatoms. The molecule has 0 fully saturated rings. The van der Waals surface area contributed by atoms with E-state index in [1.165, 1.54) is 244 Å². The number of carbonyl (C=O) groups excluding carboxylic acids is 2. The third-order valence-electron chi connectivity index (χ3n) is 15.6. The fraction of sp³-hybridized carbons (Fsp3) is 0.884. The summed E-state index contributed by atoms with van der Waals surface area (Å²) < 4.78 is 30.4. The predicted octanol–water partition coefficient (Wildman–Crippen LogP) is 20.8. The van der Waals surface area contributed by atoms with Crippen molar-refractivity contribution in [3.05, 3.63) is 36.5 Å². The second-order valence-electron chi connectivity index (χ2n) is 24.7. The van der Waals surface area contributed by atoms with Crippen LogP contribution in [0.25, 0.3) is 0 Å². The van der Waals surface area contributed by atoms with E-state index >= 15 is 0 Å². The number of rotatable bonds is 63. The van der Waals surface area contributed by atoms with Crippen LogP contribution >= 0.6 is 7.82 Å². The molecule has 0 aromatic carbocycles. The molecule has 3 unspecified atom stereocenters. The molecule has 0 rings (SSSR count). The van der Waals surface area contributed by atoms with E-state index in [1.54, 1.807) is 0 Å². The van der Waals surface area contributed by atoms with Crippen molar-refractivity contribution in [2.24, 2.45) is 0 Å². The number of likely N-dealkylation sites (N-methyl/N-ethyl adjacent to an activating group) is 1. The summed E-state index contributed by atoms with van der Waals surface area (Å²) in [5.74, 6) is -0.529. The number of hydrogen-bond donors (Lipinski definition) is 1. The number of allylic oxidation sites excluding steroid dienone is 5. The molecule has 9 nitrogen and oxygen atoms in total. The Labute approximate surface area is 491 Å². The smallest absolute Gasteiger partial charge is 0.306 e. The highest BCUT2D eigenvalue weighted by Crippen LogP contribution is 2.38. The summed E-state index contributed by atoms with van der Waals surface area (Å²) in [7, 11) is 1.20. The van der Waals surface area contributed by atoms with Gasteiger partial charge in [0.1, 0.15) is 19.3 Å². The van der Waals surface area contributed by atoms with Crippen molar-refractivity contribution < 1.29 is 37.3 Å². The zero-order chi connectivity index (χ0) is 57.9. The van der Waals surface area contributed by atoms with E-state index < -0.39 is 20.0 Å². The van der Waals surface area contributed by atoms with E-state index in [0.717, 1.165) is 64.2 Å². The Bertz CT molecular complexity index is 1450. The van der Waals surface area contributed by atoms with Crippen LogP contribution in [0.1, 0.15) is 342 Å². The monoisotopic (exact) mass is 1130 g/mol. The van der Waals surface area contributed by atoms with Gasteiger partial charge in [-0.05, 0) is 63.9 Å². The van der Waals surface area contributed by atoms with Gasteiger partial charge in [0.25, 0.3) is 7.82 Å². The van der Waals surface area contributed by atoms with Crippen molar-refractivity contribution in [2.45, 2.75) is 354 Å². The number of unbranched alkanes of at least 4 members (excludes halogenated alkanes) is 43. The van der Waals surface area contributed by atoms with Crippen molar-refractivity contribution in [3.8, 4) is 0 Å². The lowest BCUT2D eigenvalue weighted by molar-refractivity contribution is -0.870. The molecule has 0 spiro atoms. The van der Waals surface area contributed by atoms with Gasteiger partial charge in [-0.2, -0.15) is 0 Å². The maximum absolute atomic E-state index is 13.6. The van der Waals surface area contributed by atoms with Gasteiger partial charge in [0.15, 0.2) is 0 Å². The van der Waals surface area contributed by atoms with E-state index in [2.05, 4.69) is 50.4 Å². The van der Waals surface area contributed by atoms with Crippen molar-refractivity contribution in [3.63, 3.8) is 0 Å². The number of amides is 1. The van der Waals surface area contributed by atoms with Gasteiger partial charge in [0.05, 0.1) is 33.8 Å². The van der Waals surface area contributed by atoms with Crippen LogP contribution in [0.3, 0.4) is 0 Å². The molecule has 0 aliphatic carbocycles. The Balaban J connectivity index is 5.05. The number of nitrogens with one attached hydrogen (secondary N) is 1. The second-order valence-corrected chi connectivity index (χ2v) is 26.1. The van der Waals surface area contributed by atoms with Gasteiger partial charge in [-0.1, -0.05) is 302 Å². The molecule has 0 aromatic rings. The summed E-state index contributed by atoms with van der Waals surface area (Å²) in [4.78, 5) is 40.1. The zero-order valence-electron chi connectivity index (χ0n) is 53.3. The third-order valence-corrected chi connectivity index (χ3v) is 16.5. The van der Waals surface area contributed by atoms with Gasteiger partial charge < -0.3 is 28.5 Å². The molecule has 79 heavy (non-hydrogen) atoms. The first kappa shape index (κ1) is 77.2. The molecule has 0 aliphatic rings. The van der Waals surface area contributed by atoms with Crippen molar-refractivity contribution in [1.29, 1.82) is 0 Å². The molecule has 0 saturated carbocycles. The first-order valence-corrected chi connectivity index (χ1v) is 35.8.